The summed E-state index contributed by atoms with van der Waals surface area (Å²) in [5, 5.41) is 2.91. The van der Waals surface area contributed by atoms with Crippen LogP contribution in [0.3, 0.4) is 0 Å². The van der Waals surface area contributed by atoms with Gasteiger partial charge in [-0.25, -0.2) is 0 Å². The lowest BCUT2D eigenvalue weighted by Crippen LogP contribution is -2.26. The van der Waals surface area contributed by atoms with Crippen LogP contribution >= 0.6 is 0 Å². The standard InChI is InChI=1S/C15H21NO2/c1-4-6-12(2)15(17)16-10-9-13-7-5-8-14(11-13)18-3/h5-8,11H,4,9-10H2,1-3H3,(H,16,17)/b12-6-. The van der Waals surface area contributed by atoms with Crippen molar-refractivity contribution < 1.29 is 9.53 Å². The highest BCUT2D eigenvalue weighted by molar-refractivity contribution is 5.92. The minimum Gasteiger partial charge on any atom is -0.497 e. The van der Waals surface area contributed by atoms with Gasteiger partial charge >= 0.3 is 0 Å². The smallest absolute Gasteiger partial charge is 0.246 e. The zero-order valence-corrected chi connectivity index (χ0v) is 11.3. The predicted octanol–water partition coefficient (Wildman–Crippen LogP) is 2.71. The van der Waals surface area contributed by atoms with Gasteiger partial charge in [-0.2, -0.15) is 0 Å². The van der Waals surface area contributed by atoms with E-state index >= 15 is 0 Å². The highest BCUT2D eigenvalue weighted by Gasteiger charge is 2.02. The molecule has 0 aromatic heterocycles. The maximum Gasteiger partial charge on any atom is 0.246 e. The molecule has 3 heteroatoms. The fourth-order valence-electron chi connectivity index (χ4n) is 1.69. The molecule has 1 amide bonds. The number of hydrogen-bond acceptors (Lipinski definition) is 2. The van der Waals surface area contributed by atoms with Crippen LogP contribution in [0.4, 0.5) is 0 Å². The molecule has 0 spiro atoms. The molecule has 0 aliphatic carbocycles. The summed E-state index contributed by atoms with van der Waals surface area (Å²) >= 11 is 0. The summed E-state index contributed by atoms with van der Waals surface area (Å²) in [6.45, 7) is 4.50. The molecule has 18 heavy (non-hydrogen) atoms. The Hall–Kier alpha value is -1.77. The molecule has 0 radical (unpaired) electrons. The number of hydrogen-bond donors (Lipinski definition) is 1. The number of amides is 1. The normalized spacial score (nSPS) is 11.2. The predicted molar refractivity (Wildman–Crippen MR) is 73.8 cm³/mol. The number of nitrogens with one attached hydrogen (secondary N) is 1. The van der Waals surface area contributed by atoms with Crippen LogP contribution in [0.15, 0.2) is 35.9 Å². The van der Waals surface area contributed by atoms with Crippen molar-refractivity contribution >= 4 is 5.91 Å². The Morgan fingerprint density at radius 3 is 2.89 bits per heavy atom. The average Bonchev–Trinajstić information content (AvgIpc) is 2.39. The summed E-state index contributed by atoms with van der Waals surface area (Å²) in [5.74, 6) is 0.862. The fourth-order valence-corrected chi connectivity index (χ4v) is 1.69. The van der Waals surface area contributed by atoms with Crippen LogP contribution < -0.4 is 10.1 Å². The molecule has 0 atom stereocenters. The summed E-state index contributed by atoms with van der Waals surface area (Å²) < 4.78 is 5.16. The molecule has 0 aliphatic heterocycles. The Kier molecular flexibility index (Phi) is 5.98. The summed E-state index contributed by atoms with van der Waals surface area (Å²) in [4.78, 5) is 11.6. The maximum absolute atomic E-state index is 11.6. The summed E-state index contributed by atoms with van der Waals surface area (Å²) in [6.07, 6.45) is 3.62. The van der Waals surface area contributed by atoms with Gasteiger partial charge in [-0.05, 0) is 37.5 Å². The molecular weight excluding hydrogens is 226 g/mol. The van der Waals surface area contributed by atoms with Crippen molar-refractivity contribution in [2.45, 2.75) is 26.7 Å². The van der Waals surface area contributed by atoms with Crippen molar-refractivity contribution in [3.63, 3.8) is 0 Å². The molecule has 1 aromatic rings. The molecule has 3 nitrogen and oxygen atoms in total. The Morgan fingerprint density at radius 1 is 1.44 bits per heavy atom. The third-order valence-corrected chi connectivity index (χ3v) is 2.70. The number of carbonyl (C=O) groups excluding carboxylic acids is 1. The largest absolute Gasteiger partial charge is 0.497 e. The van der Waals surface area contributed by atoms with Gasteiger partial charge in [-0.1, -0.05) is 25.1 Å². The van der Waals surface area contributed by atoms with E-state index in [1.165, 1.54) is 0 Å². The van der Waals surface area contributed by atoms with Gasteiger partial charge in [0.15, 0.2) is 0 Å². The first kappa shape index (κ1) is 14.3. The Morgan fingerprint density at radius 2 is 2.22 bits per heavy atom. The lowest BCUT2D eigenvalue weighted by atomic mass is 10.1. The highest BCUT2D eigenvalue weighted by Crippen LogP contribution is 2.12. The van der Waals surface area contributed by atoms with Crippen LogP contribution in [0.1, 0.15) is 25.8 Å². The molecule has 0 saturated carbocycles. The molecule has 0 heterocycles. The minimum absolute atomic E-state index is 0.0137. The second-order valence-electron chi connectivity index (χ2n) is 4.15. The molecule has 0 aliphatic rings. The van der Waals surface area contributed by atoms with E-state index in [0.717, 1.165) is 29.7 Å². The topological polar surface area (TPSA) is 38.3 Å². The lowest BCUT2D eigenvalue weighted by molar-refractivity contribution is -0.117. The third-order valence-electron chi connectivity index (χ3n) is 2.70. The van der Waals surface area contributed by atoms with Gasteiger partial charge in [-0.15, -0.1) is 0 Å². The highest BCUT2D eigenvalue weighted by atomic mass is 16.5. The molecule has 0 fully saturated rings. The number of benzene rings is 1. The number of ether oxygens (including phenoxy) is 1. The number of rotatable bonds is 6. The zero-order valence-electron chi connectivity index (χ0n) is 11.3. The first-order valence-corrected chi connectivity index (χ1v) is 6.25. The van der Waals surface area contributed by atoms with Crippen LogP contribution in [0, 0.1) is 0 Å². The molecule has 0 bridgehead atoms. The molecule has 1 rings (SSSR count). The van der Waals surface area contributed by atoms with Gasteiger partial charge in [-0.3, -0.25) is 4.79 Å². The number of carbonyl (C=O) groups is 1. The second kappa shape index (κ2) is 7.54. The van der Waals surface area contributed by atoms with Crippen LogP contribution in [-0.2, 0) is 11.2 Å². The fraction of sp³-hybridized carbons (Fsp3) is 0.400. The second-order valence-corrected chi connectivity index (χ2v) is 4.15. The van der Waals surface area contributed by atoms with Crippen molar-refractivity contribution in [3.8, 4) is 5.75 Å². The SMILES string of the molecule is CC/C=C(/C)C(=O)NCCc1cccc(OC)c1. The summed E-state index contributed by atoms with van der Waals surface area (Å²) in [6, 6.07) is 7.89. The molecule has 1 aromatic carbocycles. The van der Waals surface area contributed by atoms with E-state index < -0.39 is 0 Å². The van der Waals surface area contributed by atoms with Crippen molar-refractivity contribution in [2.24, 2.45) is 0 Å². The van der Waals surface area contributed by atoms with E-state index in [1.54, 1.807) is 7.11 Å². The van der Waals surface area contributed by atoms with Crippen molar-refractivity contribution in [1.29, 1.82) is 0 Å². The Balaban J connectivity index is 2.41. The van der Waals surface area contributed by atoms with E-state index in [4.69, 9.17) is 4.74 Å². The van der Waals surface area contributed by atoms with E-state index in [0.29, 0.717) is 6.54 Å². The van der Waals surface area contributed by atoms with Crippen LogP contribution in [-0.4, -0.2) is 19.6 Å². The first-order valence-electron chi connectivity index (χ1n) is 6.25. The van der Waals surface area contributed by atoms with E-state index in [1.807, 2.05) is 44.2 Å². The zero-order chi connectivity index (χ0) is 13.4. The maximum atomic E-state index is 11.6. The third kappa shape index (κ3) is 4.62. The Bertz CT molecular complexity index is 424. The molecule has 1 N–H and O–H groups in total. The monoisotopic (exact) mass is 247 g/mol. The number of allylic oxidation sites excluding steroid dienone is 1. The van der Waals surface area contributed by atoms with Crippen LogP contribution in [0.5, 0.6) is 5.75 Å². The first-order chi connectivity index (χ1) is 8.67. The van der Waals surface area contributed by atoms with E-state index in [9.17, 15) is 4.79 Å². The quantitative estimate of drug-likeness (QED) is 0.785. The average molecular weight is 247 g/mol. The van der Waals surface area contributed by atoms with Crippen molar-refractivity contribution in [2.75, 3.05) is 13.7 Å². The Labute approximate surface area is 109 Å². The molecule has 0 unspecified atom stereocenters. The lowest BCUT2D eigenvalue weighted by Gasteiger charge is -2.07. The van der Waals surface area contributed by atoms with Gasteiger partial charge in [0.1, 0.15) is 5.75 Å². The van der Waals surface area contributed by atoms with Gasteiger partial charge in [0.2, 0.25) is 5.91 Å². The van der Waals surface area contributed by atoms with Crippen molar-refractivity contribution in [1.82, 2.24) is 5.32 Å². The minimum atomic E-state index is 0.0137. The van der Waals surface area contributed by atoms with Crippen LogP contribution in [0.2, 0.25) is 0 Å². The summed E-state index contributed by atoms with van der Waals surface area (Å²) in [5.41, 5.74) is 1.94. The molecular formula is C15H21NO2. The van der Waals surface area contributed by atoms with Gasteiger partial charge in [0.25, 0.3) is 0 Å². The van der Waals surface area contributed by atoms with Crippen LogP contribution in [0.25, 0.3) is 0 Å². The van der Waals surface area contributed by atoms with E-state index in [2.05, 4.69) is 5.32 Å². The van der Waals surface area contributed by atoms with Crippen molar-refractivity contribution in [3.05, 3.63) is 41.5 Å². The molecule has 0 saturated heterocycles. The number of methoxy groups -OCH3 is 1. The van der Waals surface area contributed by atoms with Gasteiger partial charge in [0.05, 0.1) is 7.11 Å². The summed E-state index contributed by atoms with van der Waals surface area (Å²) in [7, 11) is 1.65. The van der Waals surface area contributed by atoms with Gasteiger partial charge in [0, 0.05) is 12.1 Å². The van der Waals surface area contributed by atoms with E-state index in [-0.39, 0.29) is 5.91 Å². The van der Waals surface area contributed by atoms with Gasteiger partial charge < -0.3 is 10.1 Å². The molecule has 98 valence electrons.